The molecule has 7 nitrogen and oxygen atoms in total. The third kappa shape index (κ3) is 3.49. The summed E-state index contributed by atoms with van der Waals surface area (Å²) in [6, 6.07) is 5.87. The number of hydrogen-bond acceptors (Lipinski definition) is 5. The van der Waals surface area contributed by atoms with Crippen LogP contribution in [0.1, 0.15) is 29.2 Å². The van der Waals surface area contributed by atoms with E-state index < -0.39 is 0 Å². The standard InChI is InChI=1S/C17H16BrN5O2S/c18-12-8-11(9-19-10-12)16(24)20-5-6-22-17(25)23(13-3-4-13)15(21-22)14-2-1-7-26-14/h1-2,7-10,13H,3-6H2,(H,20,24). The summed E-state index contributed by atoms with van der Waals surface area (Å²) in [6.07, 6.45) is 5.14. The van der Waals surface area contributed by atoms with Crippen molar-refractivity contribution in [3.63, 3.8) is 0 Å². The van der Waals surface area contributed by atoms with Gasteiger partial charge in [-0.1, -0.05) is 6.07 Å². The van der Waals surface area contributed by atoms with Crippen molar-refractivity contribution in [1.29, 1.82) is 0 Å². The number of nitrogens with zero attached hydrogens (tertiary/aromatic N) is 4. The average Bonchev–Trinajstić information content (AvgIpc) is 3.20. The number of carbonyl (C=O) groups excluding carboxylic acids is 1. The van der Waals surface area contributed by atoms with Gasteiger partial charge in [-0.3, -0.25) is 14.3 Å². The topological polar surface area (TPSA) is 81.8 Å². The number of halogens is 1. The summed E-state index contributed by atoms with van der Waals surface area (Å²) in [4.78, 5) is 29.8. The molecule has 0 atom stereocenters. The van der Waals surface area contributed by atoms with Gasteiger partial charge in [0.1, 0.15) is 0 Å². The Balaban J connectivity index is 1.48. The summed E-state index contributed by atoms with van der Waals surface area (Å²) in [5.74, 6) is 0.488. The second-order valence-electron chi connectivity index (χ2n) is 6.06. The van der Waals surface area contributed by atoms with E-state index in [-0.39, 0.29) is 17.6 Å². The number of amides is 1. The molecule has 1 aliphatic carbocycles. The number of nitrogens with one attached hydrogen (secondary N) is 1. The first-order valence-corrected chi connectivity index (χ1v) is 9.93. The van der Waals surface area contributed by atoms with E-state index in [1.54, 1.807) is 28.2 Å². The lowest BCUT2D eigenvalue weighted by Gasteiger charge is -2.04. The van der Waals surface area contributed by atoms with Gasteiger partial charge in [-0.2, -0.15) is 0 Å². The van der Waals surface area contributed by atoms with E-state index in [2.05, 4.69) is 31.3 Å². The maximum absolute atomic E-state index is 12.7. The van der Waals surface area contributed by atoms with Crippen LogP contribution in [0.15, 0.2) is 45.2 Å². The quantitative estimate of drug-likeness (QED) is 0.647. The Labute approximate surface area is 161 Å². The van der Waals surface area contributed by atoms with Crippen molar-refractivity contribution in [3.8, 4) is 10.7 Å². The Morgan fingerprint density at radius 3 is 2.92 bits per heavy atom. The van der Waals surface area contributed by atoms with Gasteiger partial charge in [0.25, 0.3) is 5.91 Å². The van der Waals surface area contributed by atoms with Gasteiger partial charge in [-0.25, -0.2) is 9.48 Å². The highest BCUT2D eigenvalue weighted by molar-refractivity contribution is 9.10. The summed E-state index contributed by atoms with van der Waals surface area (Å²) in [7, 11) is 0. The molecule has 0 aromatic carbocycles. The number of hydrogen-bond donors (Lipinski definition) is 1. The SMILES string of the molecule is O=C(NCCn1nc(-c2cccs2)n(C2CC2)c1=O)c1cncc(Br)c1. The molecule has 26 heavy (non-hydrogen) atoms. The van der Waals surface area contributed by atoms with Gasteiger partial charge in [0, 0.05) is 29.5 Å². The molecule has 0 bridgehead atoms. The molecule has 1 saturated carbocycles. The van der Waals surface area contributed by atoms with Gasteiger partial charge in [-0.05, 0) is 46.3 Å². The van der Waals surface area contributed by atoms with Crippen LogP contribution in [0.25, 0.3) is 10.7 Å². The van der Waals surface area contributed by atoms with Gasteiger partial charge < -0.3 is 5.32 Å². The van der Waals surface area contributed by atoms with E-state index >= 15 is 0 Å². The molecule has 9 heteroatoms. The van der Waals surface area contributed by atoms with Crippen molar-refractivity contribution in [2.45, 2.75) is 25.4 Å². The molecular weight excluding hydrogens is 418 g/mol. The molecule has 0 unspecified atom stereocenters. The van der Waals surface area contributed by atoms with Crippen LogP contribution in [-0.4, -0.2) is 31.8 Å². The van der Waals surface area contributed by atoms with Crippen molar-refractivity contribution < 1.29 is 4.79 Å². The van der Waals surface area contributed by atoms with Crippen LogP contribution in [0, 0.1) is 0 Å². The Morgan fingerprint density at radius 2 is 2.23 bits per heavy atom. The zero-order chi connectivity index (χ0) is 18.1. The van der Waals surface area contributed by atoms with Crippen molar-refractivity contribution in [3.05, 3.63) is 56.5 Å². The minimum Gasteiger partial charge on any atom is -0.350 e. The molecule has 134 valence electrons. The van der Waals surface area contributed by atoms with Crippen LogP contribution in [0.5, 0.6) is 0 Å². The Morgan fingerprint density at radius 1 is 1.38 bits per heavy atom. The summed E-state index contributed by atoms with van der Waals surface area (Å²) < 4.78 is 3.96. The Kier molecular flexibility index (Phi) is 4.73. The maximum Gasteiger partial charge on any atom is 0.346 e. The van der Waals surface area contributed by atoms with Crippen LogP contribution in [0.2, 0.25) is 0 Å². The fourth-order valence-electron chi connectivity index (χ4n) is 2.71. The van der Waals surface area contributed by atoms with E-state index in [1.807, 2.05) is 17.5 Å². The molecule has 1 aliphatic rings. The maximum atomic E-state index is 12.7. The molecule has 1 N–H and O–H groups in total. The molecular formula is C17H16BrN5O2S. The van der Waals surface area contributed by atoms with Crippen molar-refractivity contribution in [2.24, 2.45) is 0 Å². The number of carbonyl (C=O) groups is 1. The Hall–Kier alpha value is -2.26. The van der Waals surface area contributed by atoms with Crippen LogP contribution < -0.4 is 11.0 Å². The fraction of sp³-hybridized carbons (Fsp3) is 0.294. The zero-order valence-corrected chi connectivity index (χ0v) is 16.2. The minimum atomic E-state index is -0.230. The number of rotatable bonds is 6. The third-order valence-electron chi connectivity index (χ3n) is 4.10. The van der Waals surface area contributed by atoms with Crippen molar-refractivity contribution in [2.75, 3.05) is 6.54 Å². The molecule has 4 rings (SSSR count). The lowest BCUT2D eigenvalue weighted by atomic mass is 10.3. The Bertz CT molecular complexity index is 991. The highest BCUT2D eigenvalue weighted by Gasteiger charge is 2.30. The first-order chi connectivity index (χ1) is 12.6. The molecule has 3 aromatic rings. The summed E-state index contributed by atoms with van der Waals surface area (Å²) >= 11 is 4.86. The monoisotopic (exact) mass is 433 g/mol. The van der Waals surface area contributed by atoms with Crippen molar-refractivity contribution in [1.82, 2.24) is 24.6 Å². The molecule has 3 heterocycles. The molecule has 1 amide bonds. The molecule has 0 aliphatic heterocycles. The van der Waals surface area contributed by atoms with Crippen molar-refractivity contribution >= 4 is 33.2 Å². The lowest BCUT2D eigenvalue weighted by Crippen LogP contribution is -2.32. The van der Waals surface area contributed by atoms with Crippen LogP contribution >= 0.6 is 27.3 Å². The van der Waals surface area contributed by atoms with Crippen LogP contribution in [-0.2, 0) is 6.54 Å². The molecule has 0 spiro atoms. The first-order valence-electron chi connectivity index (χ1n) is 8.25. The average molecular weight is 434 g/mol. The molecule has 0 saturated heterocycles. The predicted octanol–water partition coefficient (Wildman–Crippen LogP) is 2.70. The van der Waals surface area contributed by atoms with Gasteiger partial charge in [0.2, 0.25) is 0 Å². The predicted molar refractivity (Wildman–Crippen MR) is 102 cm³/mol. The second-order valence-corrected chi connectivity index (χ2v) is 7.92. The highest BCUT2D eigenvalue weighted by Crippen LogP contribution is 2.37. The summed E-state index contributed by atoms with van der Waals surface area (Å²) in [6.45, 7) is 0.640. The molecule has 1 fully saturated rings. The van der Waals surface area contributed by atoms with E-state index in [9.17, 15) is 9.59 Å². The van der Waals surface area contributed by atoms with E-state index in [0.717, 1.165) is 28.0 Å². The first kappa shape index (κ1) is 17.2. The fourth-order valence-corrected chi connectivity index (χ4v) is 3.79. The minimum absolute atomic E-state index is 0.116. The highest BCUT2D eigenvalue weighted by atomic mass is 79.9. The third-order valence-corrected chi connectivity index (χ3v) is 5.40. The smallest absolute Gasteiger partial charge is 0.346 e. The van der Waals surface area contributed by atoms with E-state index in [1.165, 1.54) is 10.9 Å². The van der Waals surface area contributed by atoms with Gasteiger partial charge in [-0.15, -0.1) is 16.4 Å². The van der Waals surface area contributed by atoms with Gasteiger partial charge in [0.05, 0.1) is 17.0 Å². The van der Waals surface area contributed by atoms with E-state index in [4.69, 9.17) is 0 Å². The molecule has 3 aromatic heterocycles. The number of thiophene rings is 1. The normalized spacial score (nSPS) is 13.7. The van der Waals surface area contributed by atoms with Gasteiger partial charge >= 0.3 is 5.69 Å². The summed E-state index contributed by atoms with van der Waals surface area (Å²) in [5, 5.41) is 9.28. The summed E-state index contributed by atoms with van der Waals surface area (Å²) in [5.41, 5.74) is 0.351. The second kappa shape index (κ2) is 7.16. The van der Waals surface area contributed by atoms with E-state index in [0.29, 0.717) is 18.7 Å². The van der Waals surface area contributed by atoms with Gasteiger partial charge in [0.15, 0.2) is 5.82 Å². The lowest BCUT2D eigenvalue weighted by molar-refractivity contribution is 0.0951. The molecule has 0 radical (unpaired) electrons. The number of aromatic nitrogens is 4. The zero-order valence-electron chi connectivity index (χ0n) is 13.8. The van der Waals surface area contributed by atoms with Crippen LogP contribution in [0.4, 0.5) is 0 Å². The number of pyridine rings is 1. The largest absolute Gasteiger partial charge is 0.350 e. The van der Waals surface area contributed by atoms with Crippen LogP contribution in [0.3, 0.4) is 0 Å².